The molecule has 0 aliphatic rings. The number of amides is 1. The van der Waals surface area contributed by atoms with E-state index < -0.39 is 17.9 Å². The first-order valence-electron chi connectivity index (χ1n) is 10.3. The van der Waals surface area contributed by atoms with E-state index >= 15 is 0 Å². The van der Waals surface area contributed by atoms with Crippen LogP contribution in [0.3, 0.4) is 0 Å². The van der Waals surface area contributed by atoms with Gasteiger partial charge in [0.25, 0.3) is 5.91 Å². The number of carbonyl (C=O) groups is 2. The number of carbonyl (C=O) groups excluding carboxylic acids is 1. The molecule has 0 radical (unpaired) electrons. The summed E-state index contributed by atoms with van der Waals surface area (Å²) in [6.45, 7) is 0. The third-order valence-electron chi connectivity index (χ3n) is 5.17. The molecule has 1 atom stereocenters. The molecule has 164 valence electrons. The summed E-state index contributed by atoms with van der Waals surface area (Å²) < 4.78 is 0. The molecule has 4 rings (SSSR count). The molecule has 1 amide bonds. The number of phenolic OH excluding ortho intramolecular Hbond substituents is 1. The SMILES string of the molecule is O=C(N[C@H](Cc1ccccc1)C(=O)O)c1ccccc1N=Nc1c(O)ccc2ccccc12. The smallest absolute Gasteiger partial charge is 0.326 e. The van der Waals surface area contributed by atoms with Gasteiger partial charge in [-0.15, -0.1) is 10.2 Å². The van der Waals surface area contributed by atoms with Crippen molar-refractivity contribution in [3.8, 4) is 5.75 Å². The molecular formula is C26H21N3O4. The van der Waals surface area contributed by atoms with Crippen LogP contribution in [0.25, 0.3) is 10.8 Å². The van der Waals surface area contributed by atoms with E-state index in [0.29, 0.717) is 0 Å². The van der Waals surface area contributed by atoms with Gasteiger partial charge in [0, 0.05) is 11.8 Å². The van der Waals surface area contributed by atoms with Crippen molar-refractivity contribution in [3.63, 3.8) is 0 Å². The molecule has 0 saturated carbocycles. The Morgan fingerprint density at radius 3 is 2.30 bits per heavy atom. The minimum Gasteiger partial charge on any atom is -0.506 e. The van der Waals surface area contributed by atoms with Crippen LogP contribution in [0.1, 0.15) is 15.9 Å². The maximum absolute atomic E-state index is 12.9. The van der Waals surface area contributed by atoms with E-state index in [-0.39, 0.29) is 29.1 Å². The number of aliphatic carboxylic acids is 1. The molecule has 7 nitrogen and oxygen atoms in total. The molecule has 0 heterocycles. The number of benzene rings is 4. The maximum Gasteiger partial charge on any atom is 0.326 e. The summed E-state index contributed by atoms with van der Waals surface area (Å²) >= 11 is 0. The number of hydrogen-bond donors (Lipinski definition) is 3. The summed E-state index contributed by atoms with van der Waals surface area (Å²) in [5.74, 6) is -1.74. The van der Waals surface area contributed by atoms with Crippen molar-refractivity contribution in [1.29, 1.82) is 0 Å². The van der Waals surface area contributed by atoms with E-state index in [2.05, 4.69) is 15.5 Å². The first-order chi connectivity index (χ1) is 16.0. The number of nitrogens with zero attached hydrogens (tertiary/aromatic N) is 2. The van der Waals surface area contributed by atoms with Crippen molar-refractivity contribution < 1.29 is 19.8 Å². The average Bonchev–Trinajstić information content (AvgIpc) is 2.83. The summed E-state index contributed by atoms with van der Waals surface area (Å²) in [5.41, 5.74) is 1.52. The summed E-state index contributed by atoms with van der Waals surface area (Å²) in [5, 5.41) is 32.5. The molecular weight excluding hydrogens is 418 g/mol. The predicted molar refractivity (Wildman–Crippen MR) is 125 cm³/mol. The maximum atomic E-state index is 12.9. The topological polar surface area (TPSA) is 111 Å². The van der Waals surface area contributed by atoms with Gasteiger partial charge < -0.3 is 15.5 Å². The second-order valence-corrected chi connectivity index (χ2v) is 7.43. The van der Waals surface area contributed by atoms with E-state index in [9.17, 15) is 19.8 Å². The highest BCUT2D eigenvalue weighted by molar-refractivity contribution is 6.01. The Morgan fingerprint density at radius 2 is 1.52 bits per heavy atom. The largest absolute Gasteiger partial charge is 0.506 e. The molecule has 7 heteroatoms. The van der Waals surface area contributed by atoms with E-state index in [1.807, 2.05) is 42.5 Å². The van der Waals surface area contributed by atoms with Crippen LogP contribution in [0, 0.1) is 0 Å². The molecule has 0 fully saturated rings. The zero-order chi connectivity index (χ0) is 23.2. The monoisotopic (exact) mass is 439 g/mol. The normalized spacial score (nSPS) is 12.0. The molecule has 4 aromatic rings. The highest BCUT2D eigenvalue weighted by atomic mass is 16.4. The molecule has 0 aliphatic carbocycles. The van der Waals surface area contributed by atoms with Gasteiger partial charge in [-0.05, 0) is 29.1 Å². The van der Waals surface area contributed by atoms with Gasteiger partial charge in [0.15, 0.2) is 0 Å². The van der Waals surface area contributed by atoms with Crippen LogP contribution in [-0.2, 0) is 11.2 Å². The van der Waals surface area contributed by atoms with Gasteiger partial charge in [-0.1, -0.05) is 72.8 Å². The third kappa shape index (κ3) is 5.04. The van der Waals surface area contributed by atoms with Crippen LogP contribution in [0.4, 0.5) is 11.4 Å². The van der Waals surface area contributed by atoms with Crippen molar-refractivity contribution in [1.82, 2.24) is 5.32 Å². The van der Waals surface area contributed by atoms with Crippen LogP contribution in [0.2, 0.25) is 0 Å². The Balaban J connectivity index is 1.60. The fraction of sp³-hybridized carbons (Fsp3) is 0.0769. The predicted octanol–water partition coefficient (Wildman–Crippen LogP) is 5.39. The highest BCUT2D eigenvalue weighted by Crippen LogP contribution is 2.36. The fourth-order valence-electron chi connectivity index (χ4n) is 3.49. The van der Waals surface area contributed by atoms with Crippen molar-refractivity contribution in [2.24, 2.45) is 10.2 Å². The molecule has 0 saturated heterocycles. The number of rotatable bonds is 7. The van der Waals surface area contributed by atoms with E-state index in [0.717, 1.165) is 16.3 Å². The minimum atomic E-state index is -1.13. The number of nitrogens with one attached hydrogen (secondary N) is 1. The van der Waals surface area contributed by atoms with Crippen LogP contribution in [-0.4, -0.2) is 28.1 Å². The number of carboxylic acid groups (broad SMARTS) is 1. The number of carboxylic acids is 1. The summed E-state index contributed by atoms with van der Waals surface area (Å²) in [6, 6.07) is 25.3. The van der Waals surface area contributed by atoms with Crippen molar-refractivity contribution in [3.05, 3.63) is 102 Å². The Morgan fingerprint density at radius 1 is 0.818 bits per heavy atom. The first-order valence-corrected chi connectivity index (χ1v) is 10.3. The minimum absolute atomic E-state index is 0.0341. The molecule has 0 spiro atoms. The van der Waals surface area contributed by atoms with E-state index in [1.165, 1.54) is 6.07 Å². The molecule has 0 bridgehead atoms. The lowest BCUT2D eigenvalue weighted by Crippen LogP contribution is -2.42. The van der Waals surface area contributed by atoms with Crippen LogP contribution in [0.5, 0.6) is 5.75 Å². The van der Waals surface area contributed by atoms with E-state index in [4.69, 9.17) is 0 Å². The summed E-state index contributed by atoms with van der Waals surface area (Å²) in [7, 11) is 0. The van der Waals surface area contributed by atoms with Crippen molar-refractivity contribution in [2.45, 2.75) is 12.5 Å². The van der Waals surface area contributed by atoms with Gasteiger partial charge in [0.1, 0.15) is 17.5 Å². The zero-order valence-electron chi connectivity index (χ0n) is 17.6. The summed E-state index contributed by atoms with van der Waals surface area (Å²) in [4.78, 5) is 24.7. The third-order valence-corrected chi connectivity index (χ3v) is 5.17. The number of hydrogen-bond acceptors (Lipinski definition) is 5. The highest BCUT2D eigenvalue weighted by Gasteiger charge is 2.22. The van der Waals surface area contributed by atoms with Gasteiger partial charge in [-0.3, -0.25) is 4.79 Å². The number of fused-ring (bicyclic) bond motifs is 1. The molecule has 3 N–H and O–H groups in total. The Kier molecular flexibility index (Phi) is 6.40. The molecule has 0 aliphatic heterocycles. The van der Waals surface area contributed by atoms with E-state index in [1.54, 1.807) is 42.5 Å². The Bertz CT molecular complexity index is 1340. The lowest BCUT2D eigenvalue weighted by atomic mass is 10.1. The lowest BCUT2D eigenvalue weighted by Gasteiger charge is -2.15. The van der Waals surface area contributed by atoms with Gasteiger partial charge >= 0.3 is 5.97 Å². The van der Waals surface area contributed by atoms with Crippen LogP contribution < -0.4 is 5.32 Å². The summed E-state index contributed by atoms with van der Waals surface area (Å²) in [6.07, 6.45) is 0.148. The quantitative estimate of drug-likeness (QED) is 0.335. The molecule has 33 heavy (non-hydrogen) atoms. The van der Waals surface area contributed by atoms with Crippen LogP contribution in [0.15, 0.2) is 101 Å². The Hall–Kier alpha value is -4.52. The first kappa shape index (κ1) is 21.7. The van der Waals surface area contributed by atoms with Gasteiger partial charge in [-0.2, -0.15) is 0 Å². The second kappa shape index (κ2) is 9.74. The number of azo groups is 1. The van der Waals surface area contributed by atoms with Crippen molar-refractivity contribution in [2.75, 3.05) is 0 Å². The zero-order valence-corrected chi connectivity index (χ0v) is 17.6. The number of aromatic hydroxyl groups is 1. The van der Waals surface area contributed by atoms with Crippen LogP contribution >= 0.6 is 0 Å². The molecule has 0 aromatic heterocycles. The average molecular weight is 439 g/mol. The molecule has 0 unspecified atom stereocenters. The van der Waals surface area contributed by atoms with Gasteiger partial charge in [-0.25, -0.2) is 4.79 Å². The lowest BCUT2D eigenvalue weighted by molar-refractivity contribution is -0.139. The second-order valence-electron chi connectivity index (χ2n) is 7.43. The van der Waals surface area contributed by atoms with Gasteiger partial charge in [0.2, 0.25) is 0 Å². The number of phenols is 1. The molecule has 4 aromatic carbocycles. The Labute approximate surface area is 190 Å². The van der Waals surface area contributed by atoms with Crippen molar-refractivity contribution >= 4 is 34.0 Å². The van der Waals surface area contributed by atoms with Gasteiger partial charge in [0.05, 0.1) is 11.3 Å². The standard InChI is InChI=1S/C26H21N3O4/c30-23-15-14-18-10-4-5-11-19(18)24(23)29-28-21-13-7-6-12-20(21)25(31)27-22(26(32)33)16-17-8-2-1-3-9-17/h1-15,22,30H,16H2,(H,27,31)(H,32,33)/t22-/m1/s1. The fourth-order valence-corrected chi connectivity index (χ4v) is 3.49.